The second-order valence-corrected chi connectivity index (χ2v) is 5.15. The van der Waals surface area contributed by atoms with Crippen molar-refractivity contribution in [2.75, 3.05) is 6.54 Å². The molecule has 1 unspecified atom stereocenters. The Kier molecular flexibility index (Phi) is 4.26. The van der Waals surface area contributed by atoms with Crippen LogP contribution in [0.4, 0.5) is 0 Å². The molecule has 0 bridgehead atoms. The Morgan fingerprint density at radius 3 is 2.61 bits per heavy atom. The second-order valence-electron chi connectivity index (χ2n) is 5.15. The molecule has 2 rings (SSSR count). The van der Waals surface area contributed by atoms with Gasteiger partial charge >= 0.3 is 0 Å². The maximum atomic E-state index is 7.48. The maximum Gasteiger partial charge on any atom is 0.0478 e. The number of hydrogen-bond donors (Lipinski definition) is 3. The van der Waals surface area contributed by atoms with Gasteiger partial charge in [-0.3, -0.25) is 0 Å². The molecule has 0 amide bonds. The molecule has 1 aliphatic carbocycles. The number of hydrogen-bond acceptors (Lipinski definition) is 3. The Morgan fingerprint density at radius 1 is 1.33 bits per heavy atom. The predicted octanol–water partition coefficient (Wildman–Crippen LogP) is 2.95. The van der Waals surface area contributed by atoms with Crippen LogP contribution in [0.2, 0.25) is 0 Å². The summed E-state index contributed by atoms with van der Waals surface area (Å²) in [7, 11) is 0. The minimum absolute atomic E-state index is 0.0560. The predicted molar refractivity (Wildman–Crippen MR) is 75.7 cm³/mol. The Bertz CT molecular complexity index is 416. The van der Waals surface area contributed by atoms with E-state index >= 15 is 0 Å². The van der Waals surface area contributed by atoms with E-state index in [4.69, 9.17) is 10.8 Å². The molecule has 1 fully saturated rings. The van der Waals surface area contributed by atoms with Gasteiger partial charge in [0.15, 0.2) is 0 Å². The monoisotopic (exact) mass is 243 g/mol. The van der Waals surface area contributed by atoms with Gasteiger partial charge < -0.3 is 16.1 Å². The molecular formula is C15H21N3. The number of rotatable bonds is 7. The van der Waals surface area contributed by atoms with Crippen LogP contribution in [-0.2, 0) is 0 Å². The molecule has 0 aliphatic heterocycles. The van der Waals surface area contributed by atoms with Crippen molar-refractivity contribution < 1.29 is 0 Å². The molecule has 1 aromatic rings. The minimum Gasteiger partial charge on any atom is -0.312 e. The lowest BCUT2D eigenvalue weighted by Crippen LogP contribution is -2.31. The van der Waals surface area contributed by atoms with Gasteiger partial charge in [0.2, 0.25) is 0 Å². The highest BCUT2D eigenvalue weighted by atomic mass is 14.9. The number of aryl methyl sites for hydroxylation is 1. The van der Waals surface area contributed by atoms with Crippen LogP contribution in [0.15, 0.2) is 24.3 Å². The van der Waals surface area contributed by atoms with Crippen molar-refractivity contribution in [1.29, 1.82) is 10.8 Å². The third-order valence-corrected chi connectivity index (χ3v) is 3.49. The van der Waals surface area contributed by atoms with Gasteiger partial charge in [-0.2, -0.15) is 0 Å². The molecule has 1 aliphatic rings. The van der Waals surface area contributed by atoms with Crippen LogP contribution in [0.25, 0.3) is 0 Å². The fraction of sp³-hybridized carbons (Fsp3) is 0.467. The molecule has 0 aromatic heterocycles. The third-order valence-electron chi connectivity index (χ3n) is 3.49. The van der Waals surface area contributed by atoms with Gasteiger partial charge in [0.05, 0.1) is 0 Å². The van der Waals surface area contributed by atoms with Crippen molar-refractivity contribution in [1.82, 2.24) is 5.32 Å². The Labute approximate surface area is 109 Å². The standard InChI is InChI=1S/C15H21N3/c1-11-3-2-4-13(7-11)15(14(8-16)9-17)18-10-12-5-6-12/h2-4,7-9,12,14-18H,5-6,10H2,1H3. The van der Waals surface area contributed by atoms with E-state index in [0.717, 1.165) is 12.5 Å². The smallest absolute Gasteiger partial charge is 0.0478 e. The summed E-state index contributed by atoms with van der Waals surface area (Å²) >= 11 is 0. The summed E-state index contributed by atoms with van der Waals surface area (Å²) in [5.74, 6) is 0.639. The van der Waals surface area contributed by atoms with Crippen LogP contribution < -0.4 is 5.32 Å². The van der Waals surface area contributed by atoms with E-state index in [1.165, 1.54) is 36.4 Å². The second kappa shape index (κ2) is 5.91. The lowest BCUT2D eigenvalue weighted by atomic mass is 9.93. The van der Waals surface area contributed by atoms with Crippen molar-refractivity contribution in [3.8, 4) is 0 Å². The lowest BCUT2D eigenvalue weighted by molar-refractivity contribution is 0.495. The summed E-state index contributed by atoms with van der Waals surface area (Å²) in [5.41, 5.74) is 2.40. The summed E-state index contributed by atoms with van der Waals surface area (Å²) in [4.78, 5) is 0. The SMILES string of the molecule is Cc1cccc(C(NCC2CC2)C(C=N)C=N)c1. The van der Waals surface area contributed by atoms with Crippen LogP contribution in [0.5, 0.6) is 0 Å². The molecule has 0 saturated heterocycles. The summed E-state index contributed by atoms with van der Waals surface area (Å²) in [5, 5.41) is 18.5. The maximum absolute atomic E-state index is 7.48. The van der Waals surface area contributed by atoms with Gasteiger partial charge in [-0.25, -0.2) is 0 Å². The Hall–Kier alpha value is -1.48. The van der Waals surface area contributed by atoms with Crippen molar-refractivity contribution in [2.45, 2.75) is 25.8 Å². The fourth-order valence-electron chi connectivity index (χ4n) is 2.20. The van der Waals surface area contributed by atoms with Crippen LogP contribution in [0.3, 0.4) is 0 Å². The highest BCUT2D eigenvalue weighted by molar-refractivity contribution is 5.81. The highest BCUT2D eigenvalue weighted by Gasteiger charge is 2.25. The first-order chi connectivity index (χ1) is 8.74. The van der Waals surface area contributed by atoms with Crippen molar-refractivity contribution in [3.05, 3.63) is 35.4 Å². The molecule has 1 saturated carbocycles. The largest absolute Gasteiger partial charge is 0.312 e. The number of nitrogens with one attached hydrogen (secondary N) is 3. The Morgan fingerprint density at radius 2 is 2.06 bits per heavy atom. The molecular weight excluding hydrogens is 222 g/mol. The third kappa shape index (κ3) is 3.26. The quantitative estimate of drug-likeness (QED) is 0.633. The lowest BCUT2D eigenvalue weighted by Gasteiger charge is -2.23. The average Bonchev–Trinajstić information content (AvgIpc) is 3.18. The van der Waals surface area contributed by atoms with Gasteiger partial charge in [0, 0.05) is 24.4 Å². The minimum atomic E-state index is -0.162. The van der Waals surface area contributed by atoms with E-state index in [1.807, 2.05) is 6.07 Å². The first-order valence-corrected chi connectivity index (χ1v) is 6.55. The van der Waals surface area contributed by atoms with Crippen molar-refractivity contribution >= 4 is 12.4 Å². The van der Waals surface area contributed by atoms with E-state index in [0.29, 0.717) is 0 Å². The zero-order valence-electron chi connectivity index (χ0n) is 10.8. The molecule has 1 aromatic carbocycles. The number of benzene rings is 1. The summed E-state index contributed by atoms with van der Waals surface area (Å²) in [6, 6.07) is 8.40. The van der Waals surface area contributed by atoms with Crippen LogP contribution >= 0.6 is 0 Å². The van der Waals surface area contributed by atoms with E-state index < -0.39 is 0 Å². The molecule has 0 spiro atoms. The van der Waals surface area contributed by atoms with Crippen LogP contribution in [-0.4, -0.2) is 19.0 Å². The summed E-state index contributed by atoms with van der Waals surface area (Å²) in [6.45, 7) is 3.07. The molecule has 18 heavy (non-hydrogen) atoms. The average molecular weight is 243 g/mol. The molecule has 1 atom stereocenters. The van der Waals surface area contributed by atoms with E-state index in [2.05, 4.69) is 30.4 Å². The molecule has 3 nitrogen and oxygen atoms in total. The van der Waals surface area contributed by atoms with Gasteiger partial charge in [-0.1, -0.05) is 29.8 Å². The first kappa shape index (κ1) is 13.0. The topological polar surface area (TPSA) is 59.7 Å². The van der Waals surface area contributed by atoms with Crippen LogP contribution in [0, 0.1) is 29.6 Å². The molecule has 3 N–H and O–H groups in total. The normalized spacial score (nSPS) is 18.1. The van der Waals surface area contributed by atoms with Gasteiger partial charge in [0.25, 0.3) is 0 Å². The van der Waals surface area contributed by atoms with Crippen LogP contribution in [0.1, 0.15) is 30.0 Å². The summed E-state index contributed by atoms with van der Waals surface area (Å²) < 4.78 is 0. The molecule has 0 radical (unpaired) electrons. The van der Waals surface area contributed by atoms with E-state index in [9.17, 15) is 0 Å². The molecule has 0 heterocycles. The first-order valence-electron chi connectivity index (χ1n) is 6.55. The Balaban J connectivity index is 2.15. The zero-order chi connectivity index (χ0) is 13.0. The van der Waals surface area contributed by atoms with Gasteiger partial charge in [-0.05, 0) is 37.8 Å². The molecule has 3 heteroatoms. The van der Waals surface area contributed by atoms with Gasteiger partial charge in [-0.15, -0.1) is 0 Å². The van der Waals surface area contributed by atoms with E-state index in [1.54, 1.807) is 0 Å². The fourth-order valence-corrected chi connectivity index (χ4v) is 2.20. The van der Waals surface area contributed by atoms with E-state index in [-0.39, 0.29) is 12.0 Å². The van der Waals surface area contributed by atoms with Crippen molar-refractivity contribution in [2.24, 2.45) is 11.8 Å². The zero-order valence-corrected chi connectivity index (χ0v) is 10.8. The van der Waals surface area contributed by atoms with Gasteiger partial charge in [0.1, 0.15) is 0 Å². The molecule has 96 valence electrons. The summed E-state index contributed by atoms with van der Waals surface area (Å²) in [6.07, 6.45) is 5.35. The van der Waals surface area contributed by atoms with Crippen molar-refractivity contribution in [3.63, 3.8) is 0 Å². The highest BCUT2D eigenvalue weighted by Crippen LogP contribution is 2.29.